The molecule has 0 radical (unpaired) electrons. The van der Waals surface area contributed by atoms with Crippen molar-refractivity contribution in [2.45, 2.75) is 26.9 Å². The maximum absolute atomic E-state index is 13.3. The fourth-order valence-corrected chi connectivity index (χ4v) is 4.50. The fourth-order valence-electron chi connectivity index (χ4n) is 3.93. The molecule has 1 heterocycles. The summed E-state index contributed by atoms with van der Waals surface area (Å²) < 4.78 is 12.1. The third kappa shape index (κ3) is 6.15. The maximum atomic E-state index is 13.3. The van der Waals surface area contributed by atoms with E-state index in [0.717, 1.165) is 16.9 Å². The second-order valence-electron chi connectivity index (χ2n) is 8.46. The molecule has 0 atom stereocenters. The van der Waals surface area contributed by atoms with E-state index >= 15 is 0 Å². The lowest BCUT2D eigenvalue weighted by atomic mass is 10.1. The molecule has 1 saturated heterocycles. The van der Waals surface area contributed by atoms with Crippen LogP contribution >= 0.6 is 15.9 Å². The molecule has 0 aliphatic carbocycles. The predicted octanol–water partition coefficient (Wildman–Crippen LogP) is 5.56. The van der Waals surface area contributed by atoms with Crippen LogP contribution < -0.4 is 19.7 Å². The number of nitro groups is 1. The molecule has 0 spiro atoms. The number of ether oxygens (including phenoxy) is 2. The topological polar surface area (TPSA) is 128 Å². The molecule has 1 fully saturated rings. The molecule has 3 aromatic carbocycles. The number of halogens is 1. The second kappa shape index (κ2) is 11.9. The first kappa shape index (κ1) is 27.5. The predicted molar refractivity (Wildman–Crippen MR) is 148 cm³/mol. The molecular formula is C28H24BrN3O7. The third-order valence-corrected chi connectivity index (χ3v) is 6.44. The largest absolute Gasteiger partial charge is 0.490 e. The standard InChI is InChI=1S/C28H24BrN3O7/c1-3-17-8-10-20(11-9-17)31-27(34)22(26(33)30-28(31)35)13-19-14-23(29)25(24(15-19)38-4-2)39-16-18-6-5-7-21(12-18)32(36)37/h5-15H,3-4,16H2,1-2H3,(H,30,33,35)/b22-13-. The number of barbiturate groups is 1. The van der Waals surface area contributed by atoms with Gasteiger partial charge in [0.1, 0.15) is 12.2 Å². The average molecular weight is 594 g/mol. The zero-order valence-corrected chi connectivity index (χ0v) is 22.7. The number of nitrogens with zero attached hydrogens (tertiary/aromatic N) is 2. The summed E-state index contributed by atoms with van der Waals surface area (Å²) in [5, 5.41) is 13.3. The number of rotatable bonds is 9. The highest BCUT2D eigenvalue weighted by Crippen LogP contribution is 2.38. The van der Waals surface area contributed by atoms with Crippen molar-refractivity contribution in [3.63, 3.8) is 0 Å². The minimum Gasteiger partial charge on any atom is -0.490 e. The van der Waals surface area contributed by atoms with Crippen LogP contribution in [-0.4, -0.2) is 29.4 Å². The lowest BCUT2D eigenvalue weighted by Crippen LogP contribution is -2.54. The normalized spacial score (nSPS) is 14.4. The Balaban J connectivity index is 1.64. The van der Waals surface area contributed by atoms with Crippen molar-refractivity contribution in [1.29, 1.82) is 0 Å². The second-order valence-corrected chi connectivity index (χ2v) is 9.31. The lowest BCUT2D eigenvalue weighted by molar-refractivity contribution is -0.384. The quantitative estimate of drug-likeness (QED) is 0.149. The molecule has 1 N–H and O–H groups in total. The summed E-state index contributed by atoms with van der Waals surface area (Å²) in [6.45, 7) is 4.12. The Labute approximate surface area is 232 Å². The monoisotopic (exact) mass is 593 g/mol. The third-order valence-electron chi connectivity index (χ3n) is 5.85. The number of nitrogens with one attached hydrogen (secondary N) is 1. The summed E-state index contributed by atoms with van der Waals surface area (Å²) in [4.78, 5) is 49.9. The van der Waals surface area contributed by atoms with Crippen molar-refractivity contribution in [3.05, 3.63) is 97.5 Å². The Bertz CT molecular complexity index is 1480. The van der Waals surface area contributed by atoms with Gasteiger partial charge in [0.05, 0.1) is 21.7 Å². The van der Waals surface area contributed by atoms with Gasteiger partial charge >= 0.3 is 6.03 Å². The van der Waals surface area contributed by atoms with E-state index in [-0.39, 0.29) is 17.9 Å². The summed E-state index contributed by atoms with van der Waals surface area (Å²) >= 11 is 3.45. The number of hydrogen-bond acceptors (Lipinski definition) is 7. The summed E-state index contributed by atoms with van der Waals surface area (Å²) in [5.74, 6) is -0.895. The highest BCUT2D eigenvalue weighted by Gasteiger charge is 2.36. The van der Waals surface area contributed by atoms with Gasteiger partial charge in [-0.3, -0.25) is 25.0 Å². The molecule has 1 aliphatic heterocycles. The van der Waals surface area contributed by atoms with Gasteiger partial charge in [0.15, 0.2) is 11.5 Å². The molecule has 10 nitrogen and oxygen atoms in total. The minimum atomic E-state index is -0.826. The van der Waals surface area contributed by atoms with Crippen LogP contribution in [0.2, 0.25) is 0 Å². The SMILES string of the molecule is CCOc1cc(/C=C2/C(=O)NC(=O)N(c3ccc(CC)cc3)C2=O)cc(Br)c1OCc1cccc([N+](=O)[O-])c1. The minimum absolute atomic E-state index is 0.0373. The Kier molecular flexibility index (Phi) is 8.40. The fraction of sp³-hybridized carbons (Fsp3) is 0.179. The smallest absolute Gasteiger partial charge is 0.335 e. The number of carbonyl (C=O) groups is 3. The van der Waals surface area contributed by atoms with Crippen LogP contribution in [0, 0.1) is 10.1 Å². The van der Waals surface area contributed by atoms with Crippen molar-refractivity contribution in [1.82, 2.24) is 5.32 Å². The first-order chi connectivity index (χ1) is 18.7. The Morgan fingerprint density at radius 2 is 1.74 bits per heavy atom. The number of nitro benzene ring substituents is 1. The van der Waals surface area contributed by atoms with E-state index in [1.807, 2.05) is 19.1 Å². The summed E-state index contributed by atoms with van der Waals surface area (Å²) in [6.07, 6.45) is 2.17. The zero-order chi connectivity index (χ0) is 28.1. The van der Waals surface area contributed by atoms with E-state index in [1.165, 1.54) is 18.2 Å². The highest BCUT2D eigenvalue weighted by atomic mass is 79.9. The molecule has 4 amide bonds. The molecule has 0 aromatic heterocycles. The summed E-state index contributed by atoms with van der Waals surface area (Å²) in [5.41, 5.74) is 2.14. The van der Waals surface area contributed by atoms with E-state index in [0.29, 0.717) is 39.4 Å². The summed E-state index contributed by atoms with van der Waals surface area (Å²) in [7, 11) is 0. The van der Waals surface area contributed by atoms with E-state index in [4.69, 9.17) is 9.47 Å². The zero-order valence-electron chi connectivity index (χ0n) is 21.1. The van der Waals surface area contributed by atoms with Crippen LogP contribution in [0.15, 0.2) is 70.7 Å². The number of urea groups is 1. The van der Waals surface area contributed by atoms with Crippen molar-refractivity contribution >= 4 is 51.2 Å². The van der Waals surface area contributed by atoms with Crippen molar-refractivity contribution < 1.29 is 28.8 Å². The molecule has 0 unspecified atom stereocenters. The first-order valence-electron chi connectivity index (χ1n) is 12.0. The molecule has 39 heavy (non-hydrogen) atoms. The molecule has 0 saturated carbocycles. The van der Waals surface area contributed by atoms with Gasteiger partial charge in [0.2, 0.25) is 0 Å². The number of imide groups is 2. The molecule has 200 valence electrons. The number of benzene rings is 3. The van der Waals surface area contributed by atoms with Gasteiger partial charge in [-0.15, -0.1) is 0 Å². The van der Waals surface area contributed by atoms with Gasteiger partial charge in [0, 0.05) is 12.1 Å². The number of aryl methyl sites for hydroxylation is 1. The molecule has 11 heteroatoms. The van der Waals surface area contributed by atoms with Crippen molar-refractivity contribution in [3.8, 4) is 11.5 Å². The number of amides is 4. The number of non-ortho nitro benzene ring substituents is 1. The van der Waals surface area contributed by atoms with Gasteiger partial charge in [-0.2, -0.15) is 0 Å². The maximum Gasteiger partial charge on any atom is 0.335 e. The Hall–Kier alpha value is -4.51. The van der Waals surface area contributed by atoms with Gasteiger partial charge in [-0.1, -0.05) is 31.2 Å². The van der Waals surface area contributed by atoms with Gasteiger partial charge in [-0.25, -0.2) is 9.69 Å². The van der Waals surface area contributed by atoms with Crippen LogP contribution in [0.3, 0.4) is 0 Å². The van der Waals surface area contributed by atoms with E-state index in [1.54, 1.807) is 43.3 Å². The van der Waals surface area contributed by atoms with Crippen LogP contribution in [0.4, 0.5) is 16.2 Å². The Morgan fingerprint density at radius 1 is 1.00 bits per heavy atom. The van der Waals surface area contributed by atoms with Crippen LogP contribution in [0.5, 0.6) is 11.5 Å². The number of carbonyl (C=O) groups excluding carboxylic acids is 3. The van der Waals surface area contributed by atoms with E-state index in [2.05, 4.69) is 21.2 Å². The van der Waals surface area contributed by atoms with Crippen molar-refractivity contribution in [2.75, 3.05) is 11.5 Å². The van der Waals surface area contributed by atoms with Crippen LogP contribution in [-0.2, 0) is 22.6 Å². The first-order valence-corrected chi connectivity index (χ1v) is 12.8. The molecule has 3 aromatic rings. The highest BCUT2D eigenvalue weighted by molar-refractivity contribution is 9.10. The van der Waals surface area contributed by atoms with Gasteiger partial charge < -0.3 is 9.47 Å². The van der Waals surface area contributed by atoms with E-state index < -0.39 is 22.8 Å². The molecule has 1 aliphatic rings. The summed E-state index contributed by atoms with van der Waals surface area (Å²) in [6, 6.07) is 15.4. The van der Waals surface area contributed by atoms with Crippen LogP contribution in [0.1, 0.15) is 30.5 Å². The molecule has 4 rings (SSSR count). The Morgan fingerprint density at radius 3 is 2.41 bits per heavy atom. The van der Waals surface area contributed by atoms with E-state index in [9.17, 15) is 24.5 Å². The molecular weight excluding hydrogens is 570 g/mol. The van der Waals surface area contributed by atoms with Crippen LogP contribution in [0.25, 0.3) is 6.08 Å². The lowest BCUT2D eigenvalue weighted by Gasteiger charge is -2.26. The van der Waals surface area contributed by atoms with Crippen molar-refractivity contribution in [2.24, 2.45) is 0 Å². The molecule has 0 bridgehead atoms. The average Bonchev–Trinajstić information content (AvgIpc) is 2.91. The number of hydrogen-bond donors (Lipinski definition) is 1. The van der Waals surface area contributed by atoms with Gasteiger partial charge in [-0.05, 0) is 76.3 Å². The number of anilines is 1. The van der Waals surface area contributed by atoms with Gasteiger partial charge in [0.25, 0.3) is 17.5 Å².